The topological polar surface area (TPSA) is 72.9 Å². The highest BCUT2D eigenvalue weighted by molar-refractivity contribution is 7.89. The first-order valence-corrected chi connectivity index (χ1v) is 14.4. The van der Waals surface area contributed by atoms with Crippen LogP contribution in [0.25, 0.3) is 11.1 Å². The van der Waals surface area contributed by atoms with Gasteiger partial charge in [0.05, 0.1) is 5.75 Å². The minimum Gasteiger partial charge on any atom is -0.487 e. The van der Waals surface area contributed by atoms with Crippen molar-refractivity contribution in [3.8, 4) is 22.6 Å². The Morgan fingerprint density at radius 3 is 2.31 bits per heavy atom. The van der Waals surface area contributed by atoms with Gasteiger partial charge in [-0.3, -0.25) is 0 Å². The smallest absolute Gasteiger partial charge is 0.415 e. The number of rotatable bonds is 4. The standard InChI is InChI=1S/C28H28ClNO5S/c1-36(32,33)19-20-2-4-21(5-3-20)22-6-11-26-23(18-22)12-13-28(35-26)14-16-30(17-15-28)27(31)34-25-9-7-24(29)8-10-25/h2-11,18H,12-17,19H2,1H3. The molecule has 0 bridgehead atoms. The SMILES string of the molecule is CS(=O)(=O)Cc1ccc(-c2ccc3c(c2)CCC2(CCN(C(=O)Oc4ccc(Cl)cc4)CC2)O3)cc1. The Kier molecular flexibility index (Phi) is 6.70. The summed E-state index contributed by atoms with van der Waals surface area (Å²) in [6.45, 7) is 1.17. The van der Waals surface area contributed by atoms with Crippen molar-refractivity contribution in [2.45, 2.75) is 37.0 Å². The zero-order valence-corrected chi connectivity index (χ0v) is 21.6. The van der Waals surface area contributed by atoms with E-state index in [0.29, 0.717) is 23.9 Å². The third kappa shape index (κ3) is 5.68. The normalized spacial score (nSPS) is 16.8. The lowest BCUT2D eigenvalue weighted by atomic mass is 9.82. The molecule has 0 saturated carbocycles. The Bertz CT molecular complexity index is 1360. The van der Waals surface area contributed by atoms with Crippen LogP contribution in [0.1, 0.15) is 30.4 Å². The Morgan fingerprint density at radius 1 is 0.972 bits per heavy atom. The molecule has 1 amide bonds. The molecule has 188 valence electrons. The average Bonchev–Trinajstić information content (AvgIpc) is 2.85. The summed E-state index contributed by atoms with van der Waals surface area (Å²) < 4.78 is 35.1. The van der Waals surface area contributed by atoms with Crippen LogP contribution in [0.3, 0.4) is 0 Å². The zero-order chi connectivity index (χ0) is 25.3. The van der Waals surface area contributed by atoms with Gasteiger partial charge in [-0.05, 0) is 71.5 Å². The Balaban J connectivity index is 1.21. The molecule has 0 atom stereocenters. The van der Waals surface area contributed by atoms with Crippen molar-refractivity contribution in [2.75, 3.05) is 19.3 Å². The van der Waals surface area contributed by atoms with Crippen molar-refractivity contribution in [1.29, 1.82) is 0 Å². The monoisotopic (exact) mass is 525 g/mol. The van der Waals surface area contributed by atoms with E-state index in [1.807, 2.05) is 36.4 Å². The number of sulfone groups is 1. The lowest BCUT2D eigenvalue weighted by Crippen LogP contribution is -2.51. The number of nitrogens with zero attached hydrogens (tertiary/aromatic N) is 1. The summed E-state index contributed by atoms with van der Waals surface area (Å²) in [6, 6.07) is 20.7. The predicted octanol–water partition coefficient (Wildman–Crippen LogP) is 5.91. The van der Waals surface area contributed by atoms with E-state index in [1.165, 1.54) is 11.8 Å². The van der Waals surface area contributed by atoms with Gasteiger partial charge < -0.3 is 14.4 Å². The molecule has 5 rings (SSSR count). The fraction of sp³-hybridized carbons (Fsp3) is 0.321. The summed E-state index contributed by atoms with van der Waals surface area (Å²) in [5.74, 6) is 1.42. The maximum Gasteiger partial charge on any atom is 0.415 e. The van der Waals surface area contributed by atoms with Gasteiger partial charge in [-0.1, -0.05) is 41.9 Å². The zero-order valence-electron chi connectivity index (χ0n) is 20.1. The van der Waals surface area contributed by atoms with Crippen molar-refractivity contribution in [2.24, 2.45) is 0 Å². The molecular weight excluding hydrogens is 498 g/mol. The number of piperidine rings is 1. The summed E-state index contributed by atoms with van der Waals surface area (Å²) in [5, 5.41) is 0.596. The Labute approximate surface area is 216 Å². The fourth-order valence-electron chi connectivity index (χ4n) is 4.91. The summed E-state index contributed by atoms with van der Waals surface area (Å²) in [7, 11) is -3.05. The number of carbonyl (C=O) groups excluding carboxylic acids is 1. The first kappa shape index (κ1) is 24.7. The van der Waals surface area contributed by atoms with Gasteiger partial charge >= 0.3 is 6.09 Å². The summed E-state index contributed by atoms with van der Waals surface area (Å²) in [6.07, 6.45) is 4.21. The van der Waals surface area contributed by atoms with E-state index in [9.17, 15) is 13.2 Å². The molecule has 36 heavy (non-hydrogen) atoms. The Hall–Kier alpha value is -3.03. The van der Waals surface area contributed by atoms with Gasteiger partial charge in [-0.2, -0.15) is 0 Å². The van der Waals surface area contributed by atoms with Crippen LogP contribution in [0.15, 0.2) is 66.7 Å². The summed E-state index contributed by atoms with van der Waals surface area (Å²) >= 11 is 5.90. The minimum absolute atomic E-state index is 0.0453. The molecule has 8 heteroatoms. The van der Waals surface area contributed by atoms with Gasteiger partial charge in [-0.15, -0.1) is 0 Å². The highest BCUT2D eigenvalue weighted by Gasteiger charge is 2.40. The second kappa shape index (κ2) is 9.79. The second-order valence-electron chi connectivity index (χ2n) is 9.68. The number of halogens is 1. The number of carbonyl (C=O) groups is 1. The fourth-order valence-corrected chi connectivity index (χ4v) is 5.84. The summed E-state index contributed by atoms with van der Waals surface area (Å²) in [5.41, 5.74) is 3.82. The molecule has 3 aromatic carbocycles. The largest absolute Gasteiger partial charge is 0.487 e. The van der Waals surface area contributed by atoms with Gasteiger partial charge in [0.2, 0.25) is 0 Å². The van der Waals surface area contributed by atoms with Crippen LogP contribution in [0.4, 0.5) is 4.79 Å². The number of ether oxygens (including phenoxy) is 2. The van der Waals surface area contributed by atoms with E-state index in [4.69, 9.17) is 21.1 Å². The number of hydrogen-bond donors (Lipinski definition) is 0. The second-order valence-corrected chi connectivity index (χ2v) is 12.3. The number of hydrogen-bond acceptors (Lipinski definition) is 5. The molecule has 2 heterocycles. The molecule has 2 aliphatic rings. The average molecular weight is 526 g/mol. The van der Waals surface area contributed by atoms with E-state index in [-0.39, 0.29) is 17.4 Å². The molecule has 0 aromatic heterocycles. The predicted molar refractivity (Wildman–Crippen MR) is 140 cm³/mol. The number of aryl methyl sites for hydroxylation is 1. The molecule has 0 aliphatic carbocycles. The van der Waals surface area contributed by atoms with E-state index < -0.39 is 9.84 Å². The van der Waals surface area contributed by atoms with Crippen molar-refractivity contribution < 1.29 is 22.7 Å². The van der Waals surface area contributed by atoms with Gasteiger partial charge in [0.15, 0.2) is 9.84 Å². The first-order valence-electron chi connectivity index (χ1n) is 12.0. The third-order valence-corrected chi connectivity index (χ3v) is 8.01. The number of fused-ring (bicyclic) bond motifs is 1. The highest BCUT2D eigenvalue weighted by Crippen LogP contribution is 2.41. The first-order chi connectivity index (χ1) is 17.2. The number of amides is 1. The van der Waals surface area contributed by atoms with E-state index in [1.54, 1.807) is 29.2 Å². The molecular formula is C28H28ClNO5S. The molecule has 1 saturated heterocycles. The number of benzene rings is 3. The lowest BCUT2D eigenvalue weighted by Gasteiger charge is -2.44. The molecule has 0 radical (unpaired) electrons. The van der Waals surface area contributed by atoms with Crippen LogP contribution >= 0.6 is 11.6 Å². The van der Waals surface area contributed by atoms with Crippen LogP contribution in [0.5, 0.6) is 11.5 Å². The molecule has 1 spiro atoms. The van der Waals surface area contributed by atoms with E-state index in [0.717, 1.165) is 48.1 Å². The maximum atomic E-state index is 12.6. The van der Waals surface area contributed by atoms with Crippen LogP contribution < -0.4 is 9.47 Å². The molecule has 0 N–H and O–H groups in total. The van der Waals surface area contributed by atoms with E-state index in [2.05, 4.69) is 6.07 Å². The van der Waals surface area contributed by atoms with Gasteiger partial charge in [-0.25, -0.2) is 13.2 Å². The van der Waals surface area contributed by atoms with Crippen LogP contribution in [-0.2, 0) is 22.0 Å². The van der Waals surface area contributed by atoms with Crippen molar-refractivity contribution >= 4 is 27.5 Å². The van der Waals surface area contributed by atoms with Gasteiger partial charge in [0.25, 0.3) is 0 Å². The quantitative estimate of drug-likeness (QED) is 0.423. The minimum atomic E-state index is -3.05. The molecule has 3 aromatic rings. The molecule has 2 aliphatic heterocycles. The molecule has 6 nitrogen and oxygen atoms in total. The third-order valence-electron chi connectivity index (χ3n) is 6.90. The van der Waals surface area contributed by atoms with Gasteiger partial charge in [0.1, 0.15) is 17.1 Å². The molecule has 1 fully saturated rings. The summed E-state index contributed by atoms with van der Waals surface area (Å²) in [4.78, 5) is 14.3. The molecule has 0 unspecified atom stereocenters. The maximum absolute atomic E-state index is 12.6. The lowest BCUT2D eigenvalue weighted by molar-refractivity contribution is -0.00948. The van der Waals surface area contributed by atoms with Crippen molar-refractivity contribution in [3.63, 3.8) is 0 Å². The van der Waals surface area contributed by atoms with Crippen molar-refractivity contribution in [1.82, 2.24) is 4.90 Å². The van der Waals surface area contributed by atoms with Crippen LogP contribution in [0.2, 0.25) is 5.02 Å². The Morgan fingerprint density at radius 2 is 1.64 bits per heavy atom. The highest BCUT2D eigenvalue weighted by atomic mass is 35.5. The van der Waals surface area contributed by atoms with Crippen molar-refractivity contribution in [3.05, 3.63) is 82.9 Å². The van der Waals surface area contributed by atoms with Crippen LogP contribution in [-0.4, -0.2) is 44.4 Å². The van der Waals surface area contributed by atoms with Crippen LogP contribution in [0, 0.1) is 0 Å². The number of likely N-dealkylation sites (tertiary alicyclic amines) is 1. The van der Waals surface area contributed by atoms with E-state index >= 15 is 0 Å². The van der Waals surface area contributed by atoms with Gasteiger partial charge in [0, 0.05) is 37.2 Å².